The zero-order valence-corrected chi connectivity index (χ0v) is 16.6. The molecule has 0 atom stereocenters. The lowest BCUT2D eigenvalue weighted by Crippen LogP contribution is -2.13. The van der Waals surface area contributed by atoms with Crippen molar-refractivity contribution in [3.8, 4) is 0 Å². The molecule has 6 heteroatoms. The number of furan rings is 1. The summed E-state index contributed by atoms with van der Waals surface area (Å²) in [6.45, 7) is 5.86. The highest BCUT2D eigenvalue weighted by Gasteiger charge is 2.18. The van der Waals surface area contributed by atoms with Crippen LogP contribution in [0.3, 0.4) is 0 Å². The molecule has 2 aromatic heterocycles. The number of hydrogen-bond acceptors (Lipinski definition) is 5. The van der Waals surface area contributed by atoms with Crippen LogP contribution in [0.25, 0.3) is 11.0 Å². The molecule has 0 aliphatic carbocycles. The molecule has 2 heterocycles. The Morgan fingerprint density at radius 1 is 1.07 bits per heavy atom. The highest BCUT2D eigenvalue weighted by Crippen LogP contribution is 2.28. The second kappa shape index (κ2) is 7.75. The van der Waals surface area contributed by atoms with Crippen LogP contribution in [0.5, 0.6) is 0 Å². The summed E-state index contributed by atoms with van der Waals surface area (Å²) in [6.07, 6.45) is 2.31. The molecule has 0 bridgehead atoms. The average molecular weight is 386 g/mol. The zero-order valence-electron chi connectivity index (χ0n) is 16.6. The van der Waals surface area contributed by atoms with E-state index in [1.807, 2.05) is 62.4 Å². The van der Waals surface area contributed by atoms with E-state index in [4.69, 9.17) is 4.42 Å². The van der Waals surface area contributed by atoms with Gasteiger partial charge in [-0.05, 0) is 44.0 Å². The number of fused-ring (bicyclic) bond motifs is 1. The van der Waals surface area contributed by atoms with Gasteiger partial charge in [-0.3, -0.25) is 4.79 Å². The van der Waals surface area contributed by atoms with Gasteiger partial charge in [-0.25, -0.2) is 9.97 Å². The van der Waals surface area contributed by atoms with Gasteiger partial charge in [0.25, 0.3) is 5.91 Å². The van der Waals surface area contributed by atoms with Crippen LogP contribution in [0.4, 0.5) is 17.2 Å². The Hall–Kier alpha value is -3.67. The van der Waals surface area contributed by atoms with Gasteiger partial charge in [0.05, 0.1) is 0 Å². The van der Waals surface area contributed by atoms with Gasteiger partial charge in [-0.15, -0.1) is 0 Å². The molecule has 0 aliphatic heterocycles. The first kappa shape index (κ1) is 18.7. The normalized spacial score (nSPS) is 10.9. The molecule has 4 rings (SSSR count). The second-order valence-corrected chi connectivity index (χ2v) is 6.90. The fourth-order valence-electron chi connectivity index (χ4n) is 3.32. The lowest BCUT2D eigenvalue weighted by molar-refractivity contribution is 0.0998. The van der Waals surface area contributed by atoms with Gasteiger partial charge >= 0.3 is 0 Å². The van der Waals surface area contributed by atoms with Gasteiger partial charge in [0.2, 0.25) is 0 Å². The summed E-state index contributed by atoms with van der Waals surface area (Å²) in [7, 11) is 0. The zero-order chi connectivity index (χ0) is 20.4. The van der Waals surface area contributed by atoms with Crippen LogP contribution in [-0.4, -0.2) is 15.9 Å². The Bertz CT molecular complexity index is 1200. The SMILES string of the molecule is CCc1ccc(Nc2cc(C)ncn2)cc1NC(=O)c1oc2ccccc2c1C. The fraction of sp³-hybridized carbons (Fsp3) is 0.174. The molecule has 0 fully saturated rings. The second-order valence-electron chi connectivity index (χ2n) is 6.90. The number of aryl methyl sites for hydroxylation is 3. The van der Waals surface area contributed by atoms with Crippen molar-refractivity contribution in [3.63, 3.8) is 0 Å². The van der Waals surface area contributed by atoms with E-state index < -0.39 is 0 Å². The molecule has 1 amide bonds. The van der Waals surface area contributed by atoms with Crippen molar-refractivity contribution < 1.29 is 9.21 Å². The number of carbonyl (C=O) groups is 1. The minimum atomic E-state index is -0.261. The first-order valence-electron chi connectivity index (χ1n) is 9.53. The lowest BCUT2D eigenvalue weighted by atomic mass is 10.1. The van der Waals surface area contributed by atoms with Gasteiger partial charge in [0.1, 0.15) is 17.7 Å². The van der Waals surface area contributed by atoms with E-state index >= 15 is 0 Å². The number of hydrogen-bond donors (Lipinski definition) is 2. The number of anilines is 3. The summed E-state index contributed by atoms with van der Waals surface area (Å²) in [5.74, 6) is 0.772. The maximum atomic E-state index is 12.9. The van der Waals surface area contributed by atoms with Gasteiger partial charge in [0, 0.05) is 34.1 Å². The number of rotatable bonds is 5. The molecule has 0 saturated carbocycles. The van der Waals surface area contributed by atoms with Crippen LogP contribution >= 0.6 is 0 Å². The quantitative estimate of drug-likeness (QED) is 0.480. The van der Waals surface area contributed by atoms with Crippen molar-refractivity contribution in [2.24, 2.45) is 0 Å². The third-order valence-electron chi connectivity index (χ3n) is 4.87. The van der Waals surface area contributed by atoms with Crippen LogP contribution < -0.4 is 10.6 Å². The van der Waals surface area contributed by atoms with Crippen molar-refractivity contribution in [2.45, 2.75) is 27.2 Å². The number of aromatic nitrogens is 2. The van der Waals surface area contributed by atoms with Gasteiger partial charge < -0.3 is 15.1 Å². The molecule has 0 spiro atoms. The van der Waals surface area contributed by atoms with Crippen LogP contribution in [0, 0.1) is 13.8 Å². The minimum Gasteiger partial charge on any atom is -0.451 e. The summed E-state index contributed by atoms with van der Waals surface area (Å²) >= 11 is 0. The van der Waals surface area contributed by atoms with E-state index in [-0.39, 0.29) is 5.91 Å². The molecule has 6 nitrogen and oxygen atoms in total. The molecule has 0 radical (unpaired) electrons. The van der Waals surface area contributed by atoms with Gasteiger partial charge in [-0.1, -0.05) is 31.2 Å². The Morgan fingerprint density at radius 3 is 2.66 bits per heavy atom. The van der Waals surface area contributed by atoms with Crippen molar-refractivity contribution in [3.05, 3.63) is 77.4 Å². The highest BCUT2D eigenvalue weighted by molar-refractivity contribution is 6.07. The molecular formula is C23H22N4O2. The maximum absolute atomic E-state index is 12.9. The predicted molar refractivity (Wildman–Crippen MR) is 115 cm³/mol. The number of nitrogens with zero attached hydrogens (tertiary/aromatic N) is 2. The van der Waals surface area contributed by atoms with Crippen molar-refractivity contribution in [2.75, 3.05) is 10.6 Å². The molecular weight excluding hydrogens is 364 g/mol. The molecule has 0 saturated heterocycles. The standard InChI is InChI=1S/C23H22N4O2/c1-4-16-9-10-17(26-21-11-14(2)24-13-25-21)12-19(16)27-23(28)22-15(3)18-7-5-6-8-20(18)29-22/h5-13H,4H2,1-3H3,(H,27,28)(H,24,25,26). The molecule has 0 unspecified atom stereocenters. The van der Waals surface area contributed by atoms with E-state index in [2.05, 4.69) is 27.5 Å². The summed E-state index contributed by atoms with van der Waals surface area (Å²) in [5, 5.41) is 7.22. The maximum Gasteiger partial charge on any atom is 0.291 e. The smallest absolute Gasteiger partial charge is 0.291 e. The summed E-state index contributed by atoms with van der Waals surface area (Å²) in [6, 6.07) is 15.4. The molecule has 29 heavy (non-hydrogen) atoms. The summed E-state index contributed by atoms with van der Waals surface area (Å²) in [5.41, 5.74) is 5.03. The van der Waals surface area contributed by atoms with E-state index in [0.29, 0.717) is 17.2 Å². The van der Waals surface area contributed by atoms with Gasteiger partial charge in [0.15, 0.2) is 5.76 Å². The first-order chi connectivity index (χ1) is 14.0. The Labute approximate surface area is 169 Å². The van der Waals surface area contributed by atoms with Crippen LogP contribution in [0.15, 0.2) is 59.3 Å². The third-order valence-corrected chi connectivity index (χ3v) is 4.87. The molecule has 2 aromatic carbocycles. The summed E-state index contributed by atoms with van der Waals surface area (Å²) < 4.78 is 5.80. The van der Waals surface area contributed by atoms with Crippen molar-refractivity contribution >= 4 is 34.1 Å². The molecule has 4 aromatic rings. The average Bonchev–Trinajstić information content (AvgIpc) is 3.05. The van der Waals surface area contributed by atoms with E-state index in [9.17, 15) is 4.79 Å². The number of nitrogens with one attached hydrogen (secondary N) is 2. The van der Waals surface area contributed by atoms with Gasteiger partial charge in [-0.2, -0.15) is 0 Å². The number of carbonyl (C=O) groups excluding carboxylic acids is 1. The van der Waals surface area contributed by atoms with E-state index in [1.54, 1.807) is 0 Å². The lowest BCUT2D eigenvalue weighted by Gasteiger charge is -2.13. The molecule has 0 aliphatic rings. The van der Waals surface area contributed by atoms with Crippen LogP contribution in [0.1, 0.15) is 34.3 Å². The Balaban J connectivity index is 1.62. The first-order valence-corrected chi connectivity index (χ1v) is 9.53. The fourth-order valence-corrected chi connectivity index (χ4v) is 3.32. The largest absolute Gasteiger partial charge is 0.451 e. The third kappa shape index (κ3) is 3.82. The predicted octanol–water partition coefficient (Wildman–Crippen LogP) is 5.40. The monoisotopic (exact) mass is 386 g/mol. The van der Waals surface area contributed by atoms with Crippen molar-refractivity contribution in [1.82, 2.24) is 9.97 Å². The Morgan fingerprint density at radius 2 is 1.90 bits per heavy atom. The topological polar surface area (TPSA) is 80.0 Å². The van der Waals surface area contributed by atoms with Crippen LogP contribution in [-0.2, 0) is 6.42 Å². The molecule has 2 N–H and O–H groups in total. The molecule has 146 valence electrons. The highest BCUT2D eigenvalue weighted by atomic mass is 16.3. The number of para-hydroxylation sites is 1. The minimum absolute atomic E-state index is 0.261. The van der Waals surface area contributed by atoms with E-state index in [1.165, 1.54) is 6.33 Å². The Kier molecular flexibility index (Phi) is 4.99. The summed E-state index contributed by atoms with van der Waals surface area (Å²) in [4.78, 5) is 21.3. The van der Waals surface area contributed by atoms with Crippen molar-refractivity contribution in [1.29, 1.82) is 0 Å². The van der Waals surface area contributed by atoms with E-state index in [0.717, 1.165) is 40.0 Å². The number of benzene rings is 2. The number of amides is 1. The van der Waals surface area contributed by atoms with Crippen LogP contribution in [0.2, 0.25) is 0 Å².